The number of nitrogens with two attached hydrogens (primary N) is 1. The maximum Gasteiger partial charge on any atom is 0.430 e. The zero-order valence-corrected chi connectivity index (χ0v) is 16.2. The molecule has 1 fully saturated rings. The van der Waals surface area contributed by atoms with Gasteiger partial charge >= 0.3 is 6.18 Å². The van der Waals surface area contributed by atoms with Crippen molar-refractivity contribution in [1.29, 1.82) is 0 Å². The van der Waals surface area contributed by atoms with E-state index in [0.29, 0.717) is 6.54 Å². The Kier molecular flexibility index (Phi) is 6.04. The van der Waals surface area contributed by atoms with Gasteiger partial charge in [-0.15, -0.1) is 11.3 Å². The third kappa shape index (κ3) is 4.90. The molecule has 3 rings (SSSR count). The van der Waals surface area contributed by atoms with Gasteiger partial charge in [-0.05, 0) is 13.0 Å². The molecular formula is C17H21F3N6OS. The number of halogens is 3. The highest BCUT2D eigenvalue weighted by Crippen LogP contribution is 2.29. The topological polar surface area (TPSA) is 89.2 Å². The molecule has 3 N–H and O–H groups in total. The molecule has 1 aliphatic heterocycles. The summed E-state index contributed by atoms with van der Waals surface area (Å²) in [6.07, 6.45) is 1.15. The summed E-state index contributed by atoms with van der Waals surface area (Å²) >= 11 is 1.58. The molecule has 152 valence electrons. The number of rotatable bonds is 6. The summed E-state index contributed by atoms with van der Waals surface area (Å²) in [7, 11) is 1.82. The third-order valence-electron chi connectivity index (χ3n) is 4.38. The van der Waals surface area contributed by atoms with Gasteiger partial charge in [0, 0.05) is 56.1 Å². The van der Waals surface area contributed by atoms with Crippen LogP contribution in [0.3, 0.4) is 0 Å². The Morgan fingerprint density at radius 3 is 2.82 bits per heavy atom. The van der Waals surface area contributed by atoms with E-state index in [-0.39, 0.29) is 23.7 Å². The minimum Gasteiger partial charge on any atom is -0.471 e. The van der Waals surface area contributed by atoms with E-state index < -0.39 is 11.9 Å². The quantitative estimate of drug-likeness (QED) is 0.751. The van der Waals surface area contributed by atoms with Crippen molar-refractivity contribution in [2.45, 2.75) is 38.2 Å². The van der Waals surface area contributed by atoms with Crippen molar-refractivity contribution in [2.24, 2.45) is 5.73 Å². The number of hydrogen-bond acceptors (Lipinski definition) is 8. The van der Waals surface area contributed by atoms with Gasteiger partial charge in [0.2, 0.25) is 5.88 Å². The fourth-order valence-electron chi connectivity index (χ4n) is 2.96. The first kappa shape index (κ1) is 20.3. The highest BCUT2D eigenvalue weighted by Gasteiger charge is 2.33. The minimum atomic E-state index is -4.63. The van der Waals surface area contributed by atoms with E-state index in [1.54, 1.807) is 11.3 Å². The smallest absolute Gasteiger partial charge is 0.430 e. The molecule has 3 heterocycles. The van der Waals surface area contributed by atoms with Crippen LogP contribution in [0.5, 0.6) is 5.88 Å². The average Bonchev–Trinajstić information content (AvgIpc) is 3.22. The van der Waals surface area contributed by atoms with Crippen LogP contribution in [0.1, 0.15) is 23.9 Å². The fourth-order valence-corrected chi connectivity index (χ4v) is 3.75. The molecule has 2 aromatic heterocycles. The van der Waals surface area contributed by atoms with E-state index in [1.807, 2.05) is 13.2 Å². The predicted molar refractivity (Wildman–Crippen MR) is 101 cm³/mol. The molecule has 0 bridgehead atoms. The van der Waals surface area contributed by atoms with Crippen LogP contribution >= 0.6 is 11.3 Å². The highest BCUT2D eigenvalue weighted by molar-refractivity contribution is 7.15. The molecule has 0 amide bonds. The van der Waals surface area contributed by atoms with Gasteiger partial charge in [-0.2, -0.15) is 13.2 Å². The molecule has 0 aliphatic carbocycles. The van der Waals surface area contributed by atoms with E-state index in [4.69, 9.17) is 10.5 Å². The van der Waals surface area contributed by atoms with Crippen LogP contribution in [0.15, 0.2) is 24.3 Å². The number of nitrogens with one attached hydrogen (secondary N) is 1. The zero-order chi connectivity index (χ0) is 20.3. The van der Waals surface area contributed by atoms with Crippen molar-refractivity contribution in [3.05, 3.63) is 34.9 Å². The average molecular weight is 414 g/mol. The molecule has 0 aromatic carbocycles. The molecule has 1 saturated heterocycles. The molecule has 1 aliphatic rings. The lowest BCUT2D eigenvalue weighted by Crippen LogP contribution is -2.28. The number of nitrogens with zero attached hydrogens (tertiary/aromatic N) is 4. The summed E-state index contributed by atoms with van der Waals surface area (Å²) in [6, 6.07) is 0.251. The Morgan fingerprint density at radius 2 is 2.14 bits per heavy atom. The van der Waals surface area contributed by atoms with Crippen LogP contribution in [-0.2, 0) is 6.54 Å². The number of likely N-dealkylation sites (tertiary alicyclic amines) is 1. The summed E-state index contributed by atoms with van der Waals surface area (Å²) < 4.78 is 44.0. The highest BCUT2D eigenvalue weighted by atomic mass is 32.1. The van der Waals surface area contributed by atoms with Crippen LogP contribution in [-0.4, -0.2) is 51.8 Å². The molecule has 0 spiro atoms. The van der Waals surface area contributed by atoms with Gasteiger partial charge in [-0.3, -0.25) is 4.90 Å². The minimum absolute atomic E-state index is 0.0375. The van der Waals surface area contributed by atoms with Crippen molar-refractivity contribution in [1.82, 2.24) is 19.9 Å². The SMILES string of the molecule is CNc1ncc(CN2CC(Oc3nccnc3C=C(N)C(F)(F)F)CC2C)s1. The van der Waals surface area contributed by atoms with Gasteiger partial charge in [0.15, 0.2) is 5.13 Å². The number of ether oxygens (including phenoxy) is 1. The monoisotopic (exact) mass is 414 g/mol. The molecule has 0 radical (unpaired) electrons. The van der Waals surface area contributed by atoms with Crippen molar-refractivity contribution in [3.8, 4) is 5.88 Å². The molecule has 2 aromatic rings. The largest absolute Gasteiger partial charge is 0.471 e. The van der Waals surface area contributed by atoms with Gasteiger partial charge in [0.1, 0.15) is 17.5 Å². The van der Waals surface area contributed by atoms with Crippen LogP contribution in [0, 0.1) is 0 Å². The van der Waals surface area contributed by atoms with Gasteiger partial charge in [0.05, 0.1) is 0 Å². The first-order chi connectivity index (χ1) is 13.3. The van der Waals surface area contributed by atoms with Gasteiger partial charge in [-0.1, -0.05) is 0 Å². The van der Waals surface area contributed by atoms with Crippen molar-refractivity contribution >= 4 is 22.5 Å². The number of allylic oxidation sites excluding steroid dienone is 1. The fraction of sp³-hybridized carbons (Fsp3) is 0.471. The zero-order valence-electron chi connectivity index (χ0n) is 15.4. The molecule has 11 heteroatoms. The lowest BCUT2D eigenvalue weighted by molar-refractivity contribution is -0.0916. The molecule has 7 nitrogen and oxygen atoms in total. The number of alkyl halides is 3. The van der Waals surface area contributed by atoms with E-state index in [1.165, 1.54) is 12.4 Å². The Hall–Kier alpha value is -2.40. The number of aromatic nitrogens is 3. The summed E-state index contributed by atoms with van der Waals surface area (Å²) in [6.45, 7) is 3.44. The predicted octanol–water partition coefficient (Wildman–Crippen LogP) is 2.88. The summed E-state index contributed by atoms with van der Waals surface area (Å²) in [5.41, 5.74) is 3.81. The molecule has 2 unspecified atom stereocenters. The van der Waals surface area contributed by atoms with Crippen molar-refractivity contribution in [2.75, 3.05) is 18.9 Å². The Morgan fingerprint density at radius 1 is 1.39 bits per heavy atom. The van der Waals surface area contributed by atoms with Gasteiger partial charge < -0.3 is 15.8 Å². The van der Waals surface area contributed by atoms with E-state index in [2.05, 4.69) is 32.1 Å². The Balaban J connectivity index is 1.68. The standard InChI is InChI=1S/C17H21F3N6OS/c1-10-5-11(8-26(10)9-12-7-25-16(22-2)28-12)27-15-13(23-3-4-24-15)6-14(21)17(18,19)20/h3-4,6-7,10-11H,5,8-9,21H2,1-2H3,(H,22,25). The maximum absolute atomic E-state index is 12.7. The Labute approximate surface area is 164 Å². The first-order valence-corrected chi connectivity index (χ1v) is 9.46. The van der Waals surface area contributed by atoms with Gasteiger partial charge in [-0.25, -0.2) is 15.0 Å². The van der Waals surface area contributed by atoms with Crippen molar-refractivity contribution in [3.63, 3.8) is 0 Å². The second-order valence-corrected chi connectivity index (χ2v) is 7.60. The summed E-state index contributed by atoms with van der Waals surface area (Å²) in [4.78, 5) is 15.6. The second-order valence-electron chi connectivity index (χ2n) is 6.48. The van der Waals surface area contributed by atoms with E-state index in [0.717, 1.165) is 29.1 Å². The normalized spacial score (nSPS) is 21.1. The number of thiazole rings is 1. The molecule has 28 heavy (non-hydrogen) atoms. The Bertz CT molecular complexity index is 840. The third-order valence-corrected chi connectivity index (χ3v) is 5.38. The maximum atomic E-state index is 12.7. The number of anilines is 1. The van der Waals surface area contributed by atoms with E-state index in [9.17, 15) is 13.2 Å². The molecule has 2 atom stereocenters. The van der Waals surface area contributed by atoms with Crippen LogP contribution in [0.2, 0.25) is 0 Å². The molecule has 0 saturated carbocycles. The first-order valence-electron chi connectivity index (χ1n) is 8.64. The van der Waals surface area contributed by atoms with E-state index >= 15 is 0 Å². The summed E-state index contributed by atoms with van der Waals surface area (Å²) in [5, 5.41) is 3.86. The van der Waals surface area contributed by atoms with Crippen LogP contribution in [0.4, 0.5) is 18.3 Å². The van der Waals surface area contributed by atoms with Gasteiger partial charge in [0.25, 0.3) is 0 Å². The lowest BCUT2D eigenvalue weighted by Gasteiger charge is -2.19. The second kappa shape index (κ2) is 8.31. The van der Waals surface area contributed by atoms with Crippen LogP contribution < -0.4 is 15.8 Å². The van der Waals surface area contributed by atoms with Crippen LogP contribution in [0.25, 0.3) is 6.08 Å². The molecular weight excluding hydrogens is 393 g/mol. The summed E-state index contributed by atoms with van der Waals surface area (Å²) in [5.74, 6) is 0.0454. The van der Waals surface area contributed by atoms with Crippen molar-refractivity contribution < 1.29 is 17.9 Å². The number of hydrogen-bond donors (Lipinski definition) is 2. The lowest BCUT2D eigenvalue weighted by atomic mass is 10.2.